The van der Waals surface area contributed by atoms with Crippen LogP contribution < -0.4 is 20.5 Å². The van der Waals surface area contributed by atoms with Crippen molar-refractivity contribution in [3.05, 3.63) is 23.8 Å². The third-order valence-corrected chi connectivity index (χ3v) is 5.31. The van der Waals surface area contributed by atoms with Gasteiger partial charge < -0.3 is 25.3 Å². The first-order chi connectivity index (χ1) is 12.6. The van der Waals surface area contributed by atoms with Crippen LogP contribution >= 0.6 is 12.4 Å². The van der Waals surface area contributed by atoms with Crippen molar-refractivity contribution in [2.24, 2.45) is 5.73 Å². The lowest BCUT2D eigenvalue weighted by molar-refractivity contribution is -0.132. The summed E-state index contributed by atoms with van der Waals surface area (Å²) in [7, 11) is 1.64. The van der Waals surface area contributed by atoms with Gasteiger partial charge in [-0.15, -0.1) is 12.4 Å². The minimum atomic E-state index is -0.405. The molecule has 0 radical (unpaired) electrons. The van der Waals surface area contributed by atoms with Crippen LogP contribution in [0.1, 0.15) is 57.1 Å². The van der Waals surface area contributed by atoms with Gasteiger partial charge in [0.2, 0.25) is 5.91 Å². The summed E-state index contributed by atoms with van der Waals surface area (Å²) in [6, 6.07) is 5.71. The summed E-state index contributed by atoms with van der Waals surface area (Å²) < 4.78 is 17.2. The molecule has 1 heterocycles. The number of amides is 1. The predicted molar refractivity (Wildman–Crippen MR) is 107 cm³/mol. The third-order valence-electron chi connectivity index (χ3n) is 5.31. The van der Waals surface area contributed by atoms with Crippen molar-refractivity contribution in [1.29, 1.82) is 0 Å². The smallest absolute Gasteiger partial charge is 0.249 e. The van der Waals surface area contributed by atoms with Gasteiger partial charge in [0.25, 0.3) is 0 Å². The summed E-state index contributed by atoms with van der Waals surface area (Å²) in [4.78, 5) is 12.4. The monoisotopic (exact) mass is 398 g/mol. The van der Waals surface area contributed by atoms with Gasteiger partial charge in [-0.05, 0) is 63.1 Å². The zero-order chi connectivity index (χ0) is 18.5. The fourth-order valence-corrected chi connectivity index (χ4v) is 3.70. The fraction of sp³-hybridized carbons (Fsp3) is 0.650. The Balaban J connectivity index is 0.00000261. The van der Waals surface area contributed by atoms with Gasteiger partial charge in [-0.25, -0.2) is 0 Å². The Hall–Kier alpha value is -1.50. The molecule has 1 saturated heterocycles. The average molecular weight is 399 g/mol. The normalized spacial score (nSPS) is 23.5. The second-order valence-corrected chi connectivity index (χ2v) is 7.22. The van der Waals surface area contributed by atoms with Gasteiger partial charge in [0.05, 0.1) is 25.4 Å². The van der Waals surface area contributed by atoms with Gasteiger partial charge in [0.1, 0.15) is 6.10 Å². The van der Waals surface area contributed by atoms with Crippen LogP contribution in [0.2, 0.25) is 0 Å². The molecule has 3 atom stereocenters. The SMILES string of the molecule is COc1cc(C(C)NC(=O)[C@@H]2CC[C@H](CN)O2)ccc1OC1CCCC1.Cl. The molecule has 6 nitrogen and oxygen atoms in total. The number of benzene rings is 1. The topological polar surface area (TPSA) is 82.8 Å². The van der Waals surface area contributed by atoms with Gasteiger partial charge >= 0.3 is 0 Å². The second-order valence-electron chi connectivity index (χ2n) is 7.22. The van der Waals surface area contributed by atoms with Gasteiger partial charge in [-0.1, -0.05) is 6.07 Å². The van der Waals surface area contributed by atoms with E-state index in [1.807, 2.05) is 25.1 Å². The third kappa shape index (κ3) is 5.50. The fourth-order valence-electron chi connectivity index (χ4n) is 3.70. The van der Waals surface area contributed by atoms with Crippen LogP contribution in [-0.2, 0) is 9.53 Å². The quantitative estimate of drug-likeness (QED) is 0.737. The highest BCUT2D eigenvalue weighted by Gasteiger charge is 2.30. The maximum atomic E-state index is 12.4. The van der Waals surface area contributed by atoms with Crippen LogP contribution in [0.5, 0.6) is 11.5 Å². The van der Waals surface area contributed by atoms with E-state index in [0.29, 0.717) is 12.3 Å². The highest BCUT2D eigenvalue weighted by molar-refractivity contribution is 5.85. The van der Waals surface area contributed by atoms with Gasteiger partial charge in [0, 0.05) is 6.54 Å². The first kappa shape index (κ1) is 21.8. The molecule has 27 heavy (non-hydrogen) atoms. The van der Waals surface area contributed by atoms with Gasteiger partial charge in [0.15, 0.2) is 11.5 Å². The molecule has 1 unspecified atom stereocenters. The molecule has 0 bridgehead atoms. The van der Waals surface area contributed by atoms with E-state index in [1.54, 1.807) is 7.11 Å². The van der Waals surface area contributed by atoms with Crippen molar-refractivity contribution < 1.29 is 19.0 Å². The van der Waals surface area contributed by atoms with Crippen LogP contribution in [0.25, 0.3) is 0 Å². The van der Waals surface area contributed by atoms with E-state index in [4.69, 9.17) is 19.9 Å². The molecule has 7 heteroatoms. The summed E-state index contributed by atoms with van der Waals surface area (Å²) in [5, 5.41) is 3.03. The van der Waals surface area contributed by atoms with E-state index in [1.165, 1.54) is 12.8 Å². The average Bonchev–Trinajstić information content (AvgIpc) is 3.33. The summed E-state index contributed by atoms with van der Waals surface area (Å²) in [5.74, 6) is 1.39. The van der Waals surface area contributed by atoms with Gasteiger partial charge in [-0.2, -0.15) is 0 Å². The van der Waals surface area contributed by atoms with Crippen LogP contribution in [0.3, 0.4) is 0 Å². The lowest BCUT2D eigenvalue weighted by Crippen LogP contribution is -2.37. The molecule has 1 aliphatic heterocycles. The van der Waals surface area contributed by atoms with Crippen molar-refractivity contribution in [3.63, 3.8) is 0 Å². The molecule has 1 amide bonds. The molecule has 0 aromatic heterocycles. The minimum absolute atomic E-state index is 0. The number of ether oxygens (including phenoxy) is 3. The Morgan fingerprint density at radius 1 is 1.26 bits per heavy atom. The predicted octanol–water partition coefficient (Wildman–Crippen LogP) is 3.12. The first-order valence-electron chi connectivity index (χ1n) is 9.61. The molecule has 1 aromatic rings. The Morgan fingerprint density at radius 3 is 2.63 bits per heavy atom. The van der Waals surface area contributed by atoms with Crippen LogP contribution in [0, 0.1) is 0 Å². The number of nitrogens with one attached hydrogen (secondary N) is 1. The van der Waals surface area contributed by atoms with Crippen molar-refractivity contribution in [2.45, 2.75) is 69.8 Å². The summed E-state index contributed by atoms with van der Waals surface area (Å²) in [6.07, 6.45) is 6.07. The van der Waals surface area contributed by atoms with Crippen LogP contribution in [0.15, 0.2) is 18.2 Å². The Bertz CT molecular complexity index is 622. The first-order valence-corrected chi connectivity index (χ1v) is 9.61. The Labute approximate surface area is 167 Å². The molecular weight excluding hydrogens is 368 g/mol. The van der Waals surface area contributed by atoms with Crippen molar-refractivity contribution in [2.75, 3.05) is 13.7 Å². The molecule has 3 rings (SSSR count). The lowest BCUT2D eigenvalue weighted by Gasteiger charge is -2.20. The van der Waals surface area contributed by atoms with E-state index >= 15 is 0 Å². The molecule has 2 fully saturated rings. The van der Waals surface area contributed by atoms with Crippen molar-refractivity contribution in [1.82, 2.24) is 5.32 Å². The number of rotatable bonds is 7. The summed E-state index contributed by atoms with van der Waals surface area (Å²) in [5.41, 5.74) is 6.58. The van der Waals surface area contributed by atoms with Gasteiger partial charge in [-0.3, -0.25) is 4.79 Å². The summed E-state index contributed by atoms with van der Waals surface area (Å²) >= 11 is 0. The Morgan fingerprint density at radius 2 is 2.00 bits per heavy atom. The largest absolute Gasteiger partial charge is 0.493 e. The molecule has 2 aliphatic rings. The zero-order valence-electron chi connectivity index (χ0n) is 16.1. The summed E-state index contributed by atoms with van der Waals surface area (Å²) in [6.45, 7) is 2.42. The Kier molecular flexibility index (Phi) is 8.20. The maximum absolute atomic E-state index is 12.4. The van der Waals surface area contributed by atoms with E-state index < -0.39 is 6.10 Å². The number of halogens is 1. The van der Waals surface area contributed by atoms with Crippen LogP contribution in [0.4, 0.5) is 0 Å². The number of hydrogen-bond acceptors (Lipinski definition) is 5. The number of nitrogens with two attached hydrogens (primary N) is 1. The number of carbonyl (C=O) groups excluding carboxylic acids is 1. The molecule has 152 valence electrons. The van der Waals surface area contributed by atoms with E-state index in [-0.39, 0.29) is 36.6 Å². The molecule has 1 saturated carbocycles. The molecule has 1 aromatic carbocycles. The highest BCUT2D eigenvalue weighted by Crippen LogP contribution is 2.33. The van der Waals surface area contributed by atoms with Crippen LogP contribution in [-0.4, -0.2) is 37.9 Å². The lowest BCUT2D eigenvalue weighted by atomic mass is 10.1. The second kappa shape index (κ2) is 10.2. The highest BCUT2D eigenvalue weighted by atomic mass is 35.5. The number of methoxy groups -OCH3 is 1. The molecule has 0 spiro atoms. The van der Waals surface area contributed by atoms with E-state index in [2.05, 4.69) is 5.32 Å². The van der Waals surface area contributed by atoms with Crippen molar-refractivity contribution >= 4 is 18.3 Å². The standard InChI is InChI=1S/C20H30N2O4.ClH/c1-13(22-20(23)18-10-8-16(12-21)26-18)14-7-9-17(19(11-14)24-2)25-15-5-3-4-6-15;/h7,9,11,13,15-16,18H,3-6,8,10,12,21H2,1-2H3,(H,22,23);1H/t13?,16-,18+;/m1./s1. The van der Waals surface area contributed by atoms with E-state index in [9.17, 15) is 4.79 Å². The zero-order valence-corrected chi connectivity index (χ0v) is 16.9. The minimum Gasteiger partial charge on any atom is -0.493 e. The number of hydrogen-bond donors (Lipinski definition) is 2. The maximum Gasteiger partial charge on any atom is 0.249 e. The van der Waals surface area contributed by atoms with Crippen molar-refractivity contribution in [3.8, 4) is 11.5 Å². The number of carbonyl (C=O) groups is 1. The molecule has 3 N–H and O–H groups in total. The molecular formula is C20H31ClN2O4. The van der Waals surface area contributed by atoms with E-state index in [0.717, 1.165) is 37.0 Å². The molecule has 1 aliphatic carbocycles.